The Morgan fingerprint density at radius 1 is 1.04 bits per heavy atom. The molecular formula is C22H20N2O3. The third-order valence-electron chi connectivity index (χ3n) is 5.07. The third kappa shape index (κ3) is 3.49. The monoisotopic (exact) mass is 360 g/mol. The number of amides is 1. The fourth-order valence-electron chi connectivity index (χ4n) is 3.65. The molecule has 5 nitrogen and oxygen atoms in total. The number of benzene rings is 3. The van der Waals surface area contributed by atoms with Gasteiger partial charge in [-0.15, -0.1) is 0 Å². The minimum atomic E-state index is -1.02. The molecule has 0 saturated heterocycles. The zero-order valence-corrected chi connectivity index (χ0v) is 14.7. The molecule has 1 aliphatic rings. The van der Waals surface area contributed by atoms with E-state index in [1.165, 1.54) is 0 Å². The molecule has 0 radical (unpaired) electrons. The van der Waals surface area contributed by atoms with E-state index in [-0.39, 0.29) is 11.8 Å². The number of carboxylic acids is 1. The Balaban J connectivity index is 1.51. The highest BCUT2D eigenvalue weighted by Crippen LogP contribution is 2.34. The summed E-state index contributed by atoms with van der Waals surface area (Å²) in [7, 11) is 0. The average molecular weight is 360 g/mol. The number of anilines is 1. The number of aliphatic carboxylic acids is 1. The van der Waals surface area contributed by atoms with Crippen LogP contribution in [0.25, 0.3) is 10.8 Å². The van der Waals surface area contributed by atoms with Crippen LogP contribution in [0.1, 0.15) is 28.3 Å². The van der Waals surface area contributed by atoms with Gasteiger partial charge in [0.1, 0.15) is 6.04 Å². The van der Waals surface area contributed by atoms with Crippen molar-refractivity contribution in [3.63, 3.8) is 0 Å². The Bertz CT molecular complexity index is 1020. The van der Waals surface area contributed by atoms with Crippen LogP contribution < -0.4 is 10.6 Å². The lowest BCUT2D eigenvalue weighted by molar-refractivity contribution is -0.139. The smallest absolute Gasteiger partial charge is 0.326 e. The van der Waals surface area contributed by atoms with Crippen molar-refractivity contribution in [2.75, 3.05) is 11.9 Å². The van der Waals surface area contributed by atoms with Crippen molar-refractivity contribution in [3.05, 3.63) is 77.9 Å². The first-order chi connectivity index (χ1) is 13.1. The van der Waals surface area contributed by atoms with Crippen LogP contribution in [0.3, 0.4) is 0 Å². The van der Waals surface area contributed by atoms with Crippen molar-refractivity contribution >= 4 is 28.3 Å². The molecule has 0 spiro atoms. The summed E-state index contributed by atoms with van der Waals surface area (Å²) in [4.78, 5) is 24.4. The lowest BCUT2D eigenvalue weighted by Crippen LogP contribution is -2.42. The van der Waals surface area contributed by atoms with Crippen LogP contribution in [0.4, 0.5) is 5.69 Å². The second kappa shape index (κ2) is 7.11. The van der Waals surface area contributed by atoms with Crippen LogP contribution in [-0.4, -0.2) is 29.6 Å². The van der Waals surface area contributed by atoms with Crippen LogP contribution in [0.5, 0.6) is 0 Å². The standard InChI is InChI=1S/C22H20N2O3/c25-21(16-10-9-14-5-1-2-6-15(14)11-16)24-20(22(26)27)12-17-13-23-19-8-4-3-7-18(17)19/h1-11,17,20,23H,12-13H2,(H,24,25)(H,26,27)/t17?,20-/m0/s1. The molecule has 5 heteroatoms. The summed E-state index contributed by atoms with van der Waals surface area (Å²) in [5.41, 5.74) is 2.60. The van der Waals surface area contributed by atoms with Crippen LogP contribution in [-0.2, 0) is 4.79 Å². The van der Waals surface area contributed by atoms with E-state index in [1.54, 1.807) is 12.1 Å². The number of carbonyl (C=O) groups excluding carboxylic acids is 1. The molecule has 0 aliphatic carbocycles. The third-order valence-corrected chi connectivity index (χ3v) is 5.07. The van der Waals surface area contributed by atoms with Crippen molar-refractivity contribution in [1.29, 1.82) is 0 Å². The molecule has 1 amide bonds. The van der Waals surface area contributed by atoms with Crippen molar-refractivity contribution in [1.82, 2.24) is 5.32 Å². The SMILES string of the molecule is O=C(N[C@@H](CC1CNc2ccccc21)C(=O)O)c1ccc2ccccc2c1. The van der Waals surface area contributed by atoms with Gasteiger partial charge in [0.15, 0.2) is 0 Å². The van der Waals surface area contributed by atoms with E-state index < -0.39 is 12.0 Å². The maximum Gasteiger partial charge on any atom is 0.326 e. The molecule has 0 bridgehead atoms. The van der Waals surface area contributed by atoms with Gasteiger partial charge in [-0.2, -0.15) is 0 Å². The molecule has 4 rings (SSSR count). The van der Waals surface area contributed by atoms with Gasteiger partial charge in [0, 0.05) is 23.7 Å². The number of hydrogen-bond donors (Lipinski definition) is 3. The van der Waals surface area contributed by atoms with E-state index in [2.05, 4.69) is 10.6 Å². The molecule has 0 saturated carbocycles. The average Bonchev–Trinajstić information content (AvgIpc) is 3.10. The Morgan fingerprint density at radius 3 is 2.59 bits per heavy atom. The van der Waals surface area contributed by atoms with Gasteiger partial charge < -0.3 is 15.7 Å². The van der Waals surface area contributed by atoms with Gasteiger partial charge in [0.2, 0.25) is 0 Å². The minimum absolute atomic E-state index is 0.0548. The number of rotatable bonds is 5. The van der Waals surface area contributed by atoms with Gasteiger partial charge >= 0.3 is 5.97 Å². The predicted molar refractivity (Wildman–Crippen MR) is 105 cm³/mol. The highest BCUT2D eigenvalue weighted by Gasteiger charge is 2.29. The Hall–Kier alpha value is -3.34. The molecule has 0 fully saturated rings. The molecule has 3 aromatic carbocycles. The molecule has 3 N–H and O–H groups in total. The number of carboxylic acid groups (broad SMARTS) is 1. The first kappa shape index (κ1) is 17.1. The lowest BCUT2D eigenvalue weighted by Gasteiger charge is -2.19. The van der Waals surface area contributed by atoms with Crippen LogP contribution in [0.2, 0.25) is 0 Å². The molecule has 3 aromatic rings. The molecule has 1 unspecified atom stereocenters. The van der Waals surface area contributed by atoms with E-state index in [0.29, 0.717) is 18.5 Å². The van der Waals surface area contributed by atoms with Gasteiger partial charge in [0.05, 0.1) is 0 Å². The van der Waals surface area contributed by atoms with E-state index in [4.69, 9.17) is 0 Å². The van der Waals surface area contributed by atoms with Crippen molar-refractivity contribution in [2.24, 2.45) is 0 Å². The molecule has 27 heavy (non-hydrogen) atoms. The first-order valence-electron chi connectivity index (χ1n) is 8.97. The summed E-state index contributed by atoms with van der Waals surface area (Å²) in [5, 5.41) is 17.6. The van der Waals surface area contributed by atoms with E-state index >= 15 is 0 Å². The second-order valence-corrected chi connectivity index (χ2v) is 6.83. The fourth-order valence-corrected chi connectivity index (χ4v) is 3.65. The van der Waals surface area contributed by atoms with Gasteiger partial charge in [-0.3, -0.25) is 4.79 Å². The summed E-state index contributed by atoms with van der Waals surface area (Å²) < 4.78 is 0. The second-order valence-electron chi connectivity index (χ2n) is 6.83. The lowest BCUT2D eigenvalue weighted by atomic mass is 9.93. The number of hydrogen-bond acceptors (Lipinski definition) is 3. The Labute approximate surface area is 157 Å². The van der Waals surface area contributed by atoms with E-state index in [1.807, 2.05) is 54.6 Å². The van der Waals surface area contributed by atoms with Crippen LogP contribution in [0, 0.1) is 0 Å². The van der Waals surface area contributed by atoms with Gasteiger partial charge in [-0.05, 0) is 41.0 Å². The zero-order chi connectivity index (χ0) is 18.8. The van der Waals surface area contributed by atoms with Crippen LogP contribution >= 0.6 is 0 Å². The first-order valence-corrected chi connectivity index (χ1v) is 8.97. The van der Waals surface area contributed by atoms with Gasteiger partial charge in [0.25, 0.3) is 5.91 Å². The molecule has 136 valence electrons. The maximum atomic E-state index is 12.6. The zero-order valence-electron chi connectivity index (χ0n) is 14.7. The normalized spacial score (nSPS) is 16.4. The number of fused-ring (bicyclic) bond motifs is 2. The topological polar surface area (TPSA) is 78.4 Å². The van der Waals surface area contributed by atoms with E-state index in [9.17, 15) is 14.7 Å². The quantitative estimate of drug-likeness (QED) is 0.649. The van der Waals surface area contributed by atoms with Crippen molar-refractivity contribution in [2.45, 2.75) is 18.4 Å². The van der Waals surface area contributed by atoms with Crippen molar-refractivity contribution < 1.29 is 14.7 Å². The summed E-state index contributed by atoms with van der Waals surface area (Å²) in [6, 6.07) is 20.1. The number of carbonyl (C=O) groups is 2. The predicted octanol–water partition coefficient (Wildman–Crippen LogP) is 3.62. The molecule has 1 aliphatic heterocycles. The molecule has 0 aromatic heterocycles. The van der Waals surface area contributed by atoms with Gasteiger partial charge in [-0.1, -0.05) is 48.5 Å². The number of para-hydroxylation sites is 1. The number of nitrogens with one attached hydrogen (secondary N) is 2. The fraction of sp³-hybridized carbons (Fsp3) is 0.182. The van der Waals surface area contributed by atoms with E-state index in [0.717, 1.165) is 22.0 Å². The Morgan fingerprint density at radius 2 is 1.78 bits per heavy atom. The highest BCUT2D eigenvalue weighted by atomic mass is 16.4. The summed E-state index contributed by atoms with van der Waals surface area (Å²) in [6.07, 6.45) is 0.346. The molecular weight excluding hydrogens is 340 g/mol. The van der Waals surface area contributed by atoms with Crippen LogP contribution in [0.15, 0.2) is 66.7 Å². The summed E-state index contributed by atoms with van der Waals surface area (Å²) in [6.45, 7) is 0.676. The molecule has 2 atom stereocenters. The largest absolute Gasteiger partial charge is 0.480 e. The molecule has 1 heterocycles. The van der Waals surface area contributed by atoms with Crippen molar-refractivity contribution in [3.8, 4) is 0 Å². The maximum absolute atomic E-state index is 12.6. The highest BCUT2D eigenvalue weighted by molar-refractivity contribution is 6.00. The Kier molecular flexibility index (Phi) is 4.50. The summed E-state index contributed by atoms with van der Waals surface area (Å²) >= 11 is 0. The van der Waals surface area contributed by atoms with Gasteiger partial charge in [-0.25, -0.2) is 4.79 Å². The minimum Gasteiger partial charge on any atom is -0.480 e. The summed E-state index contributed by atoms with van der Waals surface area (Å²) in [5.74, 6) is -1.33.